The highest BCUT2D eigenvalue weighted by Crippen LogP contribution is 2.41. The van der Waals surface area contributed by atoms with E-state index in [1.54, 1.807) is 6.07 Å². The molecule has 1 amide bonds. The van der Waals surface area contributed by atoms with E-state index in [0.29, 0.717) is 24.3 Å². The standard InChI is InChI=1S/C19H19F4N3O2/c20-13-5-2-6-15(9-13)28-11-14-10-16-18(27)25(7-8-26(16)24-14)17(19(21,22)23)12-3-1-4-12/h2,5-6,9-10,12,17H,1,3-4,7-8,11H2. The van der Waals surface area contributed by atoms with Crippen molar-refractivity contribution in [2.45, 2.75) is 44.6 Å². The molecule has 1 aromatic heterocycles. The van der Waals surface area contributed by atoms with E-state index in [4.69, 9.17) is 4.74 Å². The van der Waals surface area contributed by atoms with E-state index < -0.39 is 29.9 Å². The van der Waals surface area contributed by atoms with Crippen LogP contribution in [0.15, 0.2) is 30.3 Å². The van der Waals surface area contributed by atoms with Crippen molar-refractivity contribution in [1.82, 2.24) is 14.7 Å². The van der Waals surface area contributed by atoms with Gasteiger partial charge in [0, 0.05) is 12.6 Å². The Morgan fingerprint density at radius 3 is 2.64 bits per heavy atom. The highest BCUT2D eigenvalue weighted by molar-refractivity contribution is 5.93. The quantitative estimate of drug-likeness (QED) is 0.722. The van der Waals surface area contributed by atoms with Crippen molar-refractivity contribution >= 4 is 5.91 Å². The number of hydrogen-bond donors (Lipinski definition) is 0. The first-order valence-corrected chi connectivity index (χ1v) is 9.16. The number of hydrogen-bond acceptors (Lipinski definition) is 3. The minimum Gasteiger partial charge on any atom is -0.487 e. The van der Waals surface area contributed by atoms with Gasteiger partial charge in [-0.3, -0.25) is 9.48 Å². The van der Waals surface area contributed by atoms with Crippen molar-refractivity contribution in [2.24, 2.45) is 5.92 Å². The van der Waals surface area contributed by atoms with Crippen LogP contribution in [0.1, 0.15) is 35.4 Å². The lowest BCUT2D eigenvalue weighted by Gasteiger charge is -2.43. The summed E-state index contributed by atoms with van der Waals surface area (Å²) in [7, 11) is 0. The molecule has 1 aliphatic carbocycles. The predicted octanol–water partition coefficient (Wildman–Crippen LogP) is 3.79. The van der Waals surface area contributed by atoms with E-state index in [1.165, 1.54) is 28.9 Å². The highest BCUT2D eigenvalue weighted by atomic mass is 19.4. The lowest BCUT2D eigenvalue weighted by molar-refractivity contribution is -0.198. The van der Waals surface area contributed by atoms with Gasteiger partial charge >= 0.3 is 6.18 Å². The molecule has 1 aromatic carbocycles. The van der Waals surface area contributed by atoms with E-state index >= 15 is 0 Å². The monoisotopic (exact) mass is 397 g/mol. The molecule has 4 rings (SSSR count). The second-order valence-electron chi connectivity index (χ2n) is 7.17. The molecule has 1 aliphatic heterocycles. The zero-order chi connectivity index (χ0) is 19.9. The number of alkyl halides is 3. The SMILES string of the molecule is O=C1c2cc(COc3cccc(F)c3)nn2CCN1C(C1CCC1)C(F)(F)F. The van der Waals surface area contributed by atoms with Gasteiger partial charge in [0.05, 0.1) is 6.54 Å². The van der Waals surface area contributed by atoms with Crippen LogP contribution in [0, 0.1) is 11.7 Å². The number of nitrogens with zero attached hydrogens (tertiary/aromatic N) is 3. The zero-order valence-electron chi connectivity index (χ0n) is 15.0. The van der Waals surface area contributed by atoms with E-state index in [9.17, 15) is 22.4 Å². The summed E-state index contributed by atoms with van der Waals surface area (Å²) < 4.78 is 60.9. The van der Waals surface area contributed by atoms with Crippen molar-refractivity contribution < 1.29 is 27.1 Å². The van der Waals surface area contributed by atoms with Gasteiger partial charge in [0.25, 0.3) is 5.91 Å². The number of carbonyl (C=O) groups is 1. The van der Waals surface area contributed by atoms with Crippen LogP contribution in [0.25, 0.3) is 0 Å². The molecule has 9 heteroatoms. The third-order valence-corrected chi connectivity index (χ3v) is 5.31. The van der Waals surface area contributed by atoms with Crippen LogP contribution in [0.5, 0.6) is 5.75 Å². The molecule has 2 heterocycles. The van der Waals surface area contributed by atoms with Gasteiger partial charge in [0.2, 0.25) is 0 Å². The summed E-state index contributed by atoms with van der Waals surface area (Å²) in [5, 5.41) is 4.24. The molecular formula is C19H19F4N3O2. The Morgan fingerprint density at radius 1 is 1.21 bits per heavy atom. The summed E-state index contributed by atoms with van der Waals surface area (Å²) in [4.78, 5) is 13.7. The van der Waals surface area contributed by atoms with Crippen molar-refractivity contribution in [2.75, 3.05) is 6.54 Å². The van der Waals surface area contributed by atoms with E-state index in [1.807, 2.05) is 0 Å². The summed E-state index contributed by atoms with van der Waals surface area (Å²) in [6.07, 6.45) is -2.72. The number of fused-ring (bicyclic) bond motifs is 1. The Balaban J connectivity index is 1.50. The maximum Gasteiger partial charge on any atom is 0.409 e. The number of rotatable bonds is 5. The third-order valence-electron chi connectivity index (χ3n) is 5.31. The Bertz CT molecular complexity index is 876. The normalized spacial score (nSPS) is 18.6. The number of benzene rings is 1. The zero-order valence-corrected chi connectivity index (χ0v) is 15.0. The fourth-order valence-corrected chi connectivity index (χ4v) is 3.77. The molecule has 1 unspecified atom stereocenters. The van der Waals surface area contributed by atoms with Crippen molar-refractivity contribution in [3.63, 3.8) is 0 Å². The fourth-order valence-electron chi connectivity index (χ4n) is 3.77. The van der Waals surface area contributed by atoms with Crippen LogP contribution < -0.4 is 4.74 Å². The summed E-state index contributed by atoms with van der Waals surface area (Å²) >= 11 is 0. The van der Waals surface area contributed by atoms with Gasteiger partial charge in [-0.2, -0.15) is 18.3 Å². The lowest BCUT2D eigenvalue weighted by Crippen LogP contribution is -2.57. The topological polar surface area (TPSA) is 47.4 Å². The van der Waals surface area contributed by atoms with Crippen LogP contribution in [-0.2, 0) is 13.2 Å². The minimum atomic E-state index is -4.45. The highest BCUT2D eigenvalue weighted by Gasteiger charge is 2.52. The lowest BCUT2D eigenvalue weighted by atomic mass is 9.78. The fraction of sp³-hybridized carbons (Fsp3) is 0.474. The summed E-state index contributed by atoms with van der Waals surface area (Å²) in [5.74, 6) is -1.33. The molecule has 5 nitrogen and oxygen atoms in total. The van der Waals surface area contributed by atoms with Gasteiger partial charge in [-0.15, -0.1) is 0 Å². The largest absolute Gasteiger partial charge is 0.487 e. The molecule has 0 N–H and O–H groups in total. The Morgan fingerprint density at radius 2 is 2.00 bits per heavy atom. The van der Waals surface area contributed by atoms with Crippen LogP contribution >= 0.6 is 0 Å². The van der Waals surface area contributed by atoms with Crippen molar-refractivity contribution in [3.8, 4) is 5.75 Å². The Labute approximate surface area is 158 Å². The van der Waals surface area contributed by atoms with Gasteiger partial charge < -0.3 is 9.64 Å². The number of ether oxygens (including phenoxy) is 1. The average molecular weight is 397 g/mol. The molecule has 0 saturated heterocycles. The van der Waals surface area contributed by atoms with Crippen LogP contribution in [0.3, 0.4) is 0 Å². The van der Waals surface area contributed by atoms with E-state index in [0.717, 1.165) is 11.3 Å². The van der Waals surface area contributed by atoms with Crippen LogP contribution in [-0.4, -0.2) is 39.4 Å². The first kappa shape index (κ1) is 18.8. The summed E-state index contributed by atoms with van der Waals surface area (Å²) in [5.41, 5.74) is 0.527. The maximum atomic E-state index is 13.6. The maximum absolute atomic E-state index is 13.6. The molecule has 0 spiro atoms. The average Bonchev–Trinajstić information content (AvgIpc) is 3.00. The number of aromatic nitrogens is 2. The molecule has 1 atom stereocenters. The molecule has 2 aliphatic rings. The second-order valence-corrected chi connectivity index (χ2v) is 7.17. The van der Waals surface area contributed by atoms with Crippen LogP contribution in [0.2, 0.25) is 0 Å². The predicted molar refractivity (Wildman–Crippen MR) is 91.2 cm³/mol. The smallest absolute Gasteiger partial charge is 0.409 e. The van der Waals surface area contributed by atoms with Gasteiger partial charge in [-0.25, -0.2) is 4.39 Å². The molecule has 1 saturated carbocycles. The molecule has 2 aromatic rings. The Hall–Kier alpha value is -2.58. The van der Waals surface area contributed by atoms with Crippen molar-refractivity contribution in [1.29, 1.82) is 0 Å². The van der Waals surface area contributed by atoms with Gasteiger partial charge in [-0.05, 0) is 37.0 Å². The first-order valence-electron chi connectivity index (χ1n) is 9.16. The van der Waals surface area contributed by atoms with Gasteiger partial charge in [0.1, 0.15) is 35.6 Å². The van der Waals surface area contributed by atoms with E-state index in [-0.39, 0.29) is 25.4 Å². The van der Waals surface area contributed by atoms with Gasteiger partial charge in [0.15, 0.2) is 0 Å². The van der Waals surface area contributed by atoms with Crippen LogP contribution in [0.4, 0.5) is 17.6 Å². The molecule has 28 heavy (non-hydrogen) atoms. The molecule has 0 bridgehead atoms. The van der Waals surface area contributed by atoms with Gasteiger partial charge in [-0.1, -0.05) is 12.5 Å². The summed E-state index contributed by atoms with van der Waals surface area (Å²) in [6, 6.07) is 5.29. The molecule has 1 fully saturated rings. The first-order chi connectivity index (χ1) is 13.3. The van der Waals surface area contributed by atoms with E-state index in [2.05, 4.69) is 5.10 Å². The minimum absolute atomic E-state index is 0.0118. The molecular weight excluding hydrogens is 378 g/mol. The number of carbonyl (C=O) groups excluding carboxylic acids is 1. The molecule has 0 radical (unpaired) electrons. The summed E-state index contributed by atoms with van der Waals surface area (Å²) in [6.45, 7) is 0.154. The second kappa shape index (κ2) is 7.10. The number of amides is 1. The number of halogens is 4. The third kappa shape index (κ3) is 3.57. The molecule has 150 valence electrons. The Kier molecular flexibility index (Phi) is 4.76. The van der Waals surface area contributed by atoms with Crippen molar-refractivity contribution in [3.05, 3.63) is 47.5 Å².